The number of benzene rings is 2. The first-order valence-electron chi connectivity index (χ1n) is 10.4. The molecule has 0 fully saturated rings. The molecule has 0 aromatic heterocycles. The highest BCUT2D eigenvalue weighted by Crippen LogP contribution is 2.32. The number of rotatable bonds is 7. The summed E-state index contributed by atoms with van der Waals surface area (Å²) in [7, 11) is -0.686. The van der Waals surface area contributed by atoms with Crippen LogP contribution in [-0.4, -0.2) is 57.8 Å². The molecule has 1 aliphatic rings. The largest absolute Gasteiger partial charge is 0.384 e. The van der Waals surface area contributed by atoms with Gasteiger partial charge in [0.1, 0.15) is 0 Å². The van der Waals surface area contributed by atoms with Gasteiger partial charge in [-0.05, 0) is 44.2 Å². The Hall–Kier alpha value is -3.11. The normalized spacial score (nSPS) is 16.2. The molecule has 0 spiro atoms. The number of anilines is 4. The first-order chi connectivity index (χ1) is 15.1. The summed E-state index contributed by atoms with van der Waals surface area (Å²) in [5, 5.41) is 9.10. The van der Waals surface area contributed by atoms with Crippen molar-refractivity contribution < 1.29 is 18.0 Å². The lowest BCUT2D eigenvalue weighted by Crippen LogP contribution is -2.42. The van der Waals surface area contributed by atoms with Gasteiger partial charge in [0.25, 0.3) is 0 Å². The van der Waals surface area contributed by atoms with Crippen molar-refractivity contribution >= 4 is 44.6 Å². The predicted octanol–water partition coefficient (Wildman–Crippen LogP) is 2.54. The van der Waals surface area contributed by atoms with E-state index in [2.05, 4.69) is 16.0 Å². The zero-order valence-corrected chi connectivity index (χ0v) is 19.5. The number of hydrogen-bond donors (Lipinski definition) is 3. The van der Waals surface area contributed by atoms with E-state index in [0.717, 1.165) is 4.31 Å². The first kappa shape index (κ1) is 23.6. The lowest BCUT2D eigenvalue weighted by atomic mass is 10.1. The van der Waals surface area contributed by atoms with Crippen LogP contribution in [0.15, 0.2) is 47.4 Å². The number of carbonyl (C=O) groups is 2. The number of nitrogens with one attached hydrogen (secondary N) is 3. The number of amides is 2. The van der Waals surface area contributed by atoms with Gasteiger partial charge in [0.2, 0.25) is 21.8 Å². The van der Waals surface area contributed by atoms with E-state index >= 15 is 0 Å². The number of nitrogens with zero attached hydrogens (tertiary/aromatic N) is 2. The van der Waals surface area contributed by atoms with Crippen LogP contribution in [0.2, 0.25) is 0 Å². The second-order valence-electron chi connectivity index (χ2n) is 7.76. The van der Waals surface area contributed by atoms with Gasteiger partial charge < -0.3 is 20.9 Å². The highest BCUT2D eigenvalue weighted by atomic mass is 32.2. The van der Waals surface area contributed by atoms with E-state index in [4.69, 9.17) is 0 Å². The molecule has 1 aliphatic heterocycles. The van der Waals surface area contributed by atoms with Gasteiger partial charge >= 0.3 is 0 Å². The van der Waals surface area contributed by atoms with Crippen molar-refractivity contribution in [3.05, 3.63) is 42.5 Å². The standard InChI is InChI=1S/C22H29N5O4S/c1-5-23-17-11-10-16(32(30,31)26(3)4)13-19(17)24-14-22(29)27-15(2)12-21(28)25-18-8-6-7-9-20(18)27/h6-11,13,15,23-24H,5,12,14H2,1-4H3,(H,25,28). The molecule has 0 saturated carbocycles. The van der Waals surface area contributed by atoms with E-state index in [9.17, 15) is 18.0 Å². The van der Waals surface area contributed by atoms with Crippen molar-refractivity contribution in [1.82, 2.24) is 4.31 Å². The number of fused-ring (bicyclic) bond motifs is 1. The Bertz CT molecular complexity index is 1120. The second kappa shape index (κ2) is 9.58. The third-order valence-corrected chi connectivity index (χ3v) is 7.01. The molecule has 0 saturated heterocycles. The van der Waals surface area contributed by atoms with E-state index in [-0.39, 0.29) is 35.7 Å². The maximum atomic E-state index is 13.2. The van der Waals surface area contributed by atoms with Crippen molar-refractivity contribution in [3.63, 3.8) is 0 Å². The van der Waals surface area contributed by atoms with Gasteiger partial charge in [0.15, 0.2) is 0 Å². The summed E-state index contributed by atoms with van der Waals surface area (Å²) in [6.45, 7) is 4.32. The van der Waals surface area contributed by atoms with Gasteiger partial charge in [-0.1, -0.05) is 12.1 Å². The molecule has 1 atom stereocenters. The molecule has 3 rings (SSSR count). The zero-order chi connectivity index (χ0) is 23.5. The van der Waals surface area contributed by atoms with Crippen LogP contribution in [0.25, 0.3) is 0 Å². The molecular weight excluding hydrogens is 430 g/mol. The third-order valence-electron chi connectivity index (χ3n) is 5.19. The summed E-state index contributed by atoms with van der Waals surface area (Å²) in [6.07, 6.45) is 0.180. The minimum atomic E-state index is -3.63. The van der Waals surface area contributed by atoms with E-state index in [1.54, 1.807) is 29.2 Å². The lowest BCUT2D eigenvalue weighted by molar-refractivity contribution is -0.118. The van der Waals surface area contributed by atoms with E-state index < -0.39 is 10.0 Å². The Balaban J connectivity index is 1.89. The van der Waals surface area contributed by atoms with Crippen molar-refractivity contribution in [2.45, 2.75) is 31.2 Å². The predicted molar refractivity (Wildman–Crippen MR) is 127 cm³/mol. The first-order valence-corrected chi connectivity index (χ1v) is 11.8. The lowest BCUT2D eigenvalue weighted by Gasteiger charge is -2.28. The van der Waals surface area contributed by atoms with Crippen LogP contribution in [0.4, 0.5) is 22.7 Å². The molecule has 2 aromatic carbocycles. The van der Waals surface area contributed by atoms with Gasteiger partial charge in [-0.3, -0.25) is 9.59 Å². The molecular formula is C22H29N5O4S. The molecule has 10 heteroatoms. The average molecular weight is 460 g/mol. The van der Waals surface area contributed by atoms with Gasteiger partial charge in [0, 0.05) is 33.1 Å². The molecule has 2 aromatic rings. The summed E-state index contributed by atoms with van der Waals surface area (Å²) in [4.78, 5) is 27.1. The van der Waals surface area contributed by atoms with Crippen LogP contribution in [0.3, 0.4) is 0 Å². The van der Waals surface area contributed by atoms with Gasteiger partial charge in [-0.2, -0.15) is 0 Å². The number of carbonyl (C=O) groups excluding carboxylic acids is 2. The maximum Gasteiger partial charge on any atom is 0.246 e. The number of hydrogen-bond acceptors (Lipinski definition) is 6. The van der Waals surface area contributed by atoms with Crippen LogP contribution >= 0.6 is 0 Å². The van der Waals surface area contributed by atoms with Crippen LogP contribution in [0, 0.1) is 0 Å². The van der Waals surface area contributed by atoms with Crippen molar-refractivity contribution in [2.24, 2.45) is 0 Å². The second-order valence-corrected chi connectivity index (χ2v) is 9.91. The van der Waals surface area contributed by atoms with Crippen molar-refractivity contribution in [1.29, 1.82) is 0 Å². The average Bonchev–Trinajstić information content (AvgIpc) is 2.86. The minimum absolute atomic E-state index is 0.0727. The van der Waals surface area contributed by atoms with Crippen molar-refractivity contribution in [3.8, 4) is 0 Å². The molecule has 0 aliphatic carbocycles. The molecule has 1 heterocycles. The summed E-state index contributed by atoms with van der Waals surface area (Å²) in [5.41, 5.74) is 2.42. The number of para-hydroxylation sites is 2. The van der Waals surface area contributed by atoms with Crippen molar-refractivity contribution in [2.75, 3.05) is 48.0 Å². The van der Waals surface area contributed by atoms with Gasteiger partial charge in [-0.25, -0.2) is 12.7 Å². The Morgan fingerprint density at radius 1 is 1.16 bits per heavy atom. The van der Waals surface area contributed by atoms with Crippen LogP contribution in [-0.2, 0) is 19.6 Å². The summed E-state index contributed by atoms with van der Waals surface area (Å²) in [6, 6.07) is 11.6. The van der Waals surface area contributed by atoms with E-state index in [0.29, 0.717) is 29.3 Å². The Morgan fingerprint density at radius 3 is 2.56 bits per heavy atom. The molecule has 0 radical (unpaired) electrons. The minimum Gasteiger partial charge on any atom is -0.384 e. The topological polar surface area (TPSA) is 111 Å². The van der Waals surface area contributed by atoms with Crippen LogP contribution < -0.4 is 20.9 Å². The van der Waals surface area contributed by atoms with E-state index in [1.807, 2.05) is 19.9 Å². The fraction of sp³-hybridized carbons (Fsp3) is 0.364. The molecule has 172 valence electrons. The molecule has 0 bridgehead atoms. The van der Waals surface area contributed by atoms with Crippen LogP contribution in [0.5, 0.6) is 0 Å². The van der Waals surface area contributed by atoms with Crippen LogP contribution in [0.1, 0.15) is 20.3 Å². The number of sulfonamides is 1. The molecule has 1 unspecified atom stereocenters. The smallest absolute Gasteiger partial charge is 0.246 e. The fourth-order valence-corrected chi connectivity index (χ4v) is 4.54. The zero-order valence-electron chi connectivity index (χ0n) is 18.7. The molecule has 9 nitrogen and oxygen atoms in total. The maximum absolute atomic E-state index is 13.2. The Morgan fingerprint density at radius 2 is 1.88 bits per heavy atom. The highest BCUT2D eigenvalue weighted by Gasteiger charge is 2.29. The SMILES string of the molecule is CCNc1ccc(S(=O)(=O)N(C)C)cc1NCC(=O)N1c2ccccc2NC(=O)CC1C. The quantitative estimate of drug-likeness (QED) is 0.587. The summed E-state index contributed by atoms with van der Waals surface area (Å²) in [5.74, 6) is -0.381. The molecule has 2 amide bonds. The monoisotopic (exact) mass is 459 g/mol. The van der Waals surface area contributed by atoms with E-state index in [1.165, 1.54) is 26.2 Å². The molecule has 3 N–H and O–H groups in total. The molecule has 32 heavy (non-hydrogen) atoms. The Kier molecular flexibility index (Phi) is 7.05. The highest BCUT2D eigenvalue weighted by molar-refractivity contribution is 7.89. The van der Waals surface area contributed by atoms with Gasteiger partial charge in [-0.15, -0.1) is 0 Å². The Labute approximate surface area is 188 Å². The summed E-state index contributed by atoms with van der Waals surface area (Å²) < 4.78 is 26.2. The summed E-state index contributed by atoms with van der Waals surface area (Å²) >= 11 is 0. The third kappa shape index (κ3) is 4.86. The fourth-order valence-electron chi connectivity index (χ4n) is 3.61. The van der Waals surface area contributed by atoms with Gasteiger partial charge in [0.05, 0.1) is 34.2 Å².